The lowest BCUT2D eigenvalue weighted by atomic mass is 9.99. The molecule has 1 aliphatic heterocycles. The van der Waals surface area contributed by atoms with Crippen molar-refractivity contribution in [2.45, 2.75) is 43.1 Å². The first-order valence-electron chi connectivity index (χ1n) is 14.6. The maximum absolute atomic E-state index is 12.5. The highest BCUT2D eigenvalue weighted by atomic mass is 32.2. The summed E-state index contributed by atoms with van der Waals surface area (Å²) in [4.78, 5) is 21.0. The summed E-state index contributed by atoms with van der Waals surface area (Å²) in [5, 5.41) is 13.4. The fourth-order valence-electron chi connectivity index (χ4n) is 5.14. The molecule has 0 spiro atoms. The van der Waals surface area contributed by atoms with E-state index in [9.17, 15) is 9.90 Å². The van der Waals surface area contributed by atoms with E-state index in [1.165, 1.54) is 0 Å². The Balaban J connectivity index is 1.20. The molecule has 0 saturated carbocycles. The Morgan fingerprint density at radius 1 is 0.841 bits per heavy atom. The number of aromatic nitrogens is 2. The summed E-state index contributed by atoms with van der Waals surface area (Å²) < 4.78 is 13.1. The summed E-state index contributed by atoms with van der Waals surface area (Å²) in [6, 6.07) is 33.7. The number of carbonyl (C=O) groups excluding carboxylic acids is 1. The van der Waals surface area contributed by atoms with Gasteiger partial charge in [0.05, 0.1) is 29.4 Å². The average Bonchev–Trinajstić information content (AvgIpc) is 3.10. The van der Waals surface area contributed by atoms with Crippen molar-refractivity contribution in [3.8, 4) is 11.1 Å². The van der Waals surface area contributed by atoms with Crippen LogP contribution in [-0.2, 0) is 22.6 Å². The molecule has 8 heteroatoms. The van der Waals surface area contributed by atoms with Gasteiger partial charge >= 0.3 is 0 Å². The van der Waals surface area contributed by atoms with Crippen LogP contribution in [0.1, 0.15) is 51.4 Å². The summed E-state index contributed by atoms with van der Waals surface area (Å²) in [7, 11) is 0. The van der Waals surface area contributed by atoms with Crippen molar-refractivity contribution in [1.29, 1.82) is 0 Å². The minimum atomic E-state index is -0.553. The number of thioether (sulfide) groups is 1. The average molecular weight is 604 g/mol. The summed E-state index contributed by atoms with van der Waals surface area (Å²) >= 11 is 1.68. The van der Waals surface area contributed by atoms with Gasteiger partial charge in [0, 0.05) is 42.9 Å². The number of rotatable bonds is 10. The first-order chi connectivity index (χ1) is 21.6. The van der Waals surface area contributed by atoms with Crippen LogP contribution in [0, 0.1) is 0 Å². The van der Waals surface area contributed by atoms with Gasteiger partial charge in [-0.2, -0.15) is 0 Å². The van der Waals surface area contributed by atoms with Crippen molar-refractivity contribution in [2.24, 2.45) is 0 Å². The quantitative estimate of drug-likeness (QED) is 0.168. The molecule has 0 bridgehead atoms. The molecule has 0 aliphatic carbocycles. The standard InChI is InChI=1S/C36H33N3O4S/c40-23-25-12-14-27(15-13-25)33-20-32(24-44-34-11-1-2-17-38-34)42-36(43-33)30-9-4-8-29(19-30)28-7-3-6-26(18-28)21-39-35(41)31-10-5-16-37-22-31/h1-19,22,32-33,36,40H,20-21,23-24H2,(H,39,41)/t32-,33+,36+/m0/s1. The molecule has 0 unspecified atom stereocenters. The minimum absolute atomic E-state index is 0.00570. The number of hydrogen-bond donors (Lipinski definition) is 2. The second-order valence-corrected chi connectivity index (χ2v) is 11.6. The third-order valence-corrected chi connectivity index (χ3v) is 8.54. The van der Waals surface area contributed by atoms with E-state index in [2.05, 4.69) is 39.6 Å². The van der Waals surface area contributed by atoms with E-state index in [-0.39, 0.29) is 24.7 Å². The number of hydrogen-bond acceptors (Lipinski definition) is 7. The van der Waals surface area contributed by atoms with Gasteiger partial charge in [0.2, 0.25) is 0 Å². The number of pyridine rings is 2. The van der Waals surface area contributed by atoms with Gasteiger partial charge in [0.1, 0.15) is 0 Å². The van der Waals surface area contributed by atoms with Crippen LogP contribution in [0.4, 0.5) is 0 Å². The predicted octanol–water partition coefficient (Wildman–Crippen LogP) is 6.90. The Labute approximate surface area is 261 Å². The Morgan fingerprint density at radius 3 is 2.45 bits per heavy atom. The normalized spacial score (nSPS) is 18.1. The molecule has 1 amide bonds. The molecule has 0 radical (unpaired) electrons. The Hall–Kier alpha value is -4.34. The van der Waals surface area contributed by atoms with Crippen LogP contribution in [-0.4, -0.2) is 32.8 Å². The van der Waals surface area contributed by atoms with Crippen molar-refractivity contribution < 1.29 is 19.4 Å². The minimum Gasteiger partial charge on any atom is -0.392 e. The van der Waals surface area contributed by atoms with Gasteiger partial charge in [-0.15, -0.1) is 11.8 Å². The summed E-state index contributed by atoms with van der Waals surface area (Å²) in [5.74, 6) is 0.586. The van der Waals surface area contributed by atoms with Gasteiger partial charge < -0.3 is 19.9 Å². The zero-order valence-corrected chi connectivity index (χ0v) is 24.9. The molecule has 222 valence electrons. The molecule has 5 aromatic rings. The lowest BCUT2D eigenvalue weighted by Gasteiger charge is -2.36. The van der Waals surface area contributed by atoms with Crippen molar-refractivity contribution in [3.63, 3.8) is 0 Å². The second kappa shape index (κ2) is 14.4. The van der Waals surface area contributed by atoms with E-state index >= 15 is 0 Å². The monoisotopic (exact) mass is 603 g/mol. The van der Waals surface area contributed by atoms with Crippen LogP contribution in [0.25, 0.3) is 11.1 Å². The first-order valence-corrected chi connectivity index (χ1v) is 15.5. The van der Waals surface area contributed by atoms with Crippen molar-refractivity contribution >= 4 is 17.7 Å². The van der Waals surface area contributed by atoms with E-state index in [1.54, 1.807) is 42.5 Å². The molecule has 44 heavy (non-hydrogen) atoms. The van der Waals surface area contributed by atoms with E-state index in [0.717, 1.165) is 44.2 Å². The van der Waals surface area contributed by atoms with Crippen LogP contribution in [0.5, 0.6) is 0 Å². The largest absolute Gasteiger partial charge is 0.392 e. The van der Waals surface area contributed by atoms with Gasteiger partial charge in [-0.1, -0.05) is 66.7 Å². The number of amides is 1. The van der Waals surface area contributed by atoms with E-state index in [4.69, 9.17) is 9.47 Å². The van der Waals surface area contributed by atoms with Crippen LogP contribution < -0.4 is 5.32 Å². The molecule has 7 nitrogen and oxygen atoms in total. The SMILES string of the molecule is O=C(NCc1cccc(-c2cccc([C@@H]3O[C@H](CSc4ccccn4)C[C@H](c4ccc(CO)cc4)O3)c2)c1)c1cccnc1. The van der Waals surface area contributed by atoms with E-state index < -0.39 is 6.29 Å². The van der Waals surface area contributed by atoms with E-state index in [1.807, 2.05) is 66.7 Å². The first kappa shape index (κ1) is 29.7. The maximum atomic E-state index is 12.5. The fourth-order valence-corrected chi connectivity index (χ4v) is 6.02. The summed E-state index contributed by atoms with van der Waals surface area (Å²) in [6.07, 6.45) is 4.95. The maximum Gasteiger partial charge on any atom is 0.253 e. The zero-order chi connectivity index (χ0) is 30.1. The number of ether oxygens (including phenoxy) is 2. The molecule has 3 atom stereocenters. The number of nitrogens with zero attached hydrogens (tertiary/aromatic N) is 2. The number of aliphatic hydroxyl groups is 1. The number of nitrogens with one attached hydrogen (secondary N) is 1. The van der Waals surface area contributed by atoms with Crippen LogP contribution >= 0.6 is 11.8 Å². The fraction of sp³-hybridized carbons (Fsp3) is 0.194. The highest BCUT2D eigenvalue weighted by molar-refractivity contribution is 7.99. The molecule has 6 rings (SSSR count). The molecule has 2 N–H and O–H groups in total. The summed E-state index contributed by atoms with van der Waals surface area (Å²) in [5.41, 5.74) is 6.45. The van der Waals surface area contributed by atoms with E-state index in [0.29, 0.717) is 18.5 Å². The Morgan fingerprint density at radius 2 is 1.68 bits per heavy atom. The van der Waals surface area contributed by atoms with Gasteiger partial charge in [0.15, 0.2) is 6.29 Å². The summed E-state index contributed by atoms with van der Waals surface area (Å²) in [6.45, 7) is 0.411. The highest BCUT2D eigenvalue weighted by Crippen LogP contribution is 2.40. The van der Waals surface area contributed by atoms with Crippen LogP contribution in [0.2, 0.25) is 0 Å². The van der Waals surface area contributed by atoms with Gasteiger partial charge in [-0.3, -0.25) is 9.78 Å². The smallest absolute Gasteiger partial charge is 0.253 e. The molecule has 3 aromatic carbocycles. The molecular formula is C36H33N3O4S. The lowest BCUT2D eigenvalue weighted by Crippen LogP contribution is -2.31. The van der Waals surface area contributed by atoms with Gasteiger partial charge in [-0.05, 0) is 64.2 Å². The van der Waals surface area contributed by atoms with Gasteiger partial charge in [0.25, 0.3) is 5.91 Å². The van der Waals surface area contributed by atoms with Crippen molar-refractivity contribution in [1.82, 2.24) is 15.3 Å². The molecule has 1 saturated heterocycles. The van der Waals surface area contributed by atoms with Gasteiger partial charge in [-0.25, -0.2) is 4.98 Å². The Kier molecular flexibility index (Phi) is 9.74. The number of aliphatic hydroxyl groups excluding tert-OH is 1. The molecule has 2 aromatic heterocycles. The number of carbonyl (C=O) groups is 1. The topological polar surface area (TPSA) is 93.6 Å². The van der Waals surface area contributed by atoms with Crippen molar-refractivity contribution in [2.75, 3.05) is 5.75 Å². The Bertz CT molecular complexity index is 1670. The number of benzene rings is 3. The van der Waals surface area contributed by atoms with Crippen LogP contribution in [0.3, 0.4) is 0 Å². The third-order valence-electron chi connectivity index (χ3n) is 7.47. The molecule has 1 aliphatic rings. The van der Waals surface area contributed by atoms with Crippen molar-refractivity contribution in [3.05, 3.63) is 150 Å². The second-order valence-electron chi connectivity index (χ2n) is 10.6. The predicted molar refractivity (Wildman–Crippen MR) is 171 cm³/mol. The molecule has 3 heterocycles. The molecule has 1 fully saturated rings. The third kappa shape index (κ3) is 7.59. The zero-order valence-electron chi connectivity index (χ0n) is 24.1. The van der Waals surface area contributed by atoms with Crippen LogP contribution in [0.15, 0.2) is 127 Å². The highest BCUT2D eigenvalue weighted by Gasteiger charge is 2.32. The molecular weight excluding hydrogens is 570 g/mol. The lowest BCUT2D eigenvalue weighted by molar-refractivity contribution is -0.245.